The maximum absolute atomic E-state index is 5.90. The van der Waals surface area contributed by atoms with Gasteiger partial charge in [0.1, 0.15) is 12.4 Å². The highest BCUT2D eigenvalue weighted by Gasteiger charge is 2.37. The van der Waals surface area contributed by atoms with Crippen molar-refractivity contribution < 1.29 is 9.47 Å². The summed E-state index contributed by atoms with van der Waals surface area (Å²) < 4.78 is 11.3. The third kappa shape index (κ3) is 4.70. The Kier molecular flexibility index (Phi) is 5.98. The second-order valence-electron chi connectivity index (χ2n) is 8.17. The molecular formula is C21H33N3O2. The van der Waals surface area contributed by atoms with Crippen LogP contribution in [-0.2, 0) is 4.74 Å². The third-order valence-electron chi connectivity index (χ3n) is 6.38. The lowest BCUT2D eigenvalue weighted by atomic mass is 9.72. The van der Waals surface area contributed by atoms with E-state index in [9.17, 15) is 0 Å². The highest BCUT2D eigenvalue weighted by Crippen LogP contribution is 2.41. The SMILES string of the molecule is c1cc(OCCN2CCOCC2)ccc1NC1CCC2(CCNC2)CC1. The van der Waals surface area contributed by atoms with Crippen LogP contribution in [-0.4, -0.2) is 63.5 Å². The first kappa shape index (κ1) is 18.1. The minimum Gasteiger partial charge on any atom is -0.492 e. The van der Waals surface area contributed by atoms with E-state index in [1.165, 1.54) is 50.9 Å². The second kappa shape index (κ2) is 8.59. The number of morpholine rings is 1. The van der Waals surface area contributed by atoms with Gasteiger partial charge in [-0.2, -0.15) is 0 Å². The fourth-order valence-corrected chi connectivity index (χ4v) is 4.60. The molecule has 5 heteroatoms. The zero-order valence-corrected chi connectivity index (χ0v) is 15.8. The van der Waals surface area contributed by atoms with Gasteiger partial charge in [-0.15, -0.1) is 0 Å². The van der Waals surface area contributed by atoms with Crippen molar-refractivity contribution in [1.82, 2.24) is 10.2 Å². The molecule has 0 amide bonds. The van der Waals surface area contributed by atoms with Crippen molar-refractivity contribution in [2.75, 3.05) is 57.9 Å². The lowest BCUT2D eigenvalue weighted by molar-refractivity contribution is 0.0322. The molecule has 2 aliphatic heterocycles. The van der Waals surface area contributed by atoms with Crippen molar-refractivity contribution in [1.29, 1.82) is 0 Å². The Morgan fingerprint density at radius 1 is 1.12 bits per heavy atom. The third-order valence-corrected chi connectivity index (χ3v) is 6.38. The highest BCUT2D eigenvalue weighted by atomic mass is 16.5. The Morgan fingerprint density at radius 3 is 2.58 bits per heavy atom. The summed E-state index contributed by atoms with van der Waals surface area (Å²) in [7, 11) is 0. The van der Waals surface area contributed by atoms with E-state index in [1.54, 1.807) is 0 Å². The smallest absolute Gasteiger partial charge is 0.119 e. The summed E-state index contributed by atoms with van der Waals surface area (Å²) in [6, 6.07) is 9.12. The average molecular weight is 360 g/mol. The first-order valence-electron chi connectivity index (χ1n) is 10.3. The molecule has 0 atom stereocenters. The van der Waals surface area contributed by atoms with Crippen molar-refractivity contribution in [3.05, 3.63) is 24.3 Å². The monoisotopic (exact) mass is 359 g/mol. The van der Waals surface area contributed by atoms with Crippen molar-refractivity contribution in [3.63, 3.8) is 0 Å². The molecule has 26 heavy (non-hydrogen) atoms. The van der Waals surface area contributed by atoms with Gasteiger partial charge in [-0.05, 0) is 68.3 Å². The summed E-state index contributed by atoms with van der Waals surface area (Å²) in [5.41, 5.74) is 1.83. The van der Waals surface area contributed by atoms with Crippen molar-refractivity contribution >= 4 is 5.69 Å². The largest absolute Gasteiger partial charge is 0.492 e. The molecule has 1 aliphatic carbocycles. The zero-order chi connectivity index (χ0) is 17.7. The number of nitrogens with zero attached hydrogens (tertiary/aromatic N) is 1. The van der Waals surface area contributed by atoms with Crippen molar-refractivity contribution in [2.24, 2.45) is 5.41 Å². The van der Waals surface area contributed by atoms with Crippen LogP contribution in [0.3, 0.4) is 0 Å². The van der Waals surface area contributed by atoms with Crippen LogP contribution in [0.1, 0.15) is 32.1 Å². The molecule has 2 heterocycles. The van der Waals surface area contributed by atoms with Gasteiger partial charge >= 0.3 is 0 Å². The predicted octanol–water partition coefficient (Wildman–Crippen LogP) is 2.73. The number of benzene rings is 1. The standard InChI is InChI=1S/C21H33N3O2/c1-3-20(26-16-13-24-11-14-25-15-12-24)4-2-18(1)23-19-5-7-21(8-6-19)9-10-22-17-21/h1-4,19,22-23H,5-17H2. The van der Waals surface area contributed by atoms with Crippen LogP contribution in [0.15, 0.2) is 24.3 Å². The Bertz CT molecular complexity index is 541. The molecule has 5 nitrogen and oxygen atoms in total. The van der Waals surface area contributed by atoms with E-state index in [4.69, 9.17) is 9.47 Å². The zero-order valence-electron chi connectivity index (χ0n) is 15.8. The van der Waals surface area contributed by atoms with Crippen LogP contribution < -0.4 is 15.4 Å². The van der Waals surface area contributed by atoms with Gasteiger partial charge in [-0.3, -0.25) is 4.90 Å². The van der Waals surface area contributed by atoms with Crippen LogP contribution in [0.2, 0.25) is 0 Å². The molecule has 1 aromatic rings. The van der Waals surface area contributed by atoms with Gasteiger partial charge in [0.15, 0.2) is 0 Å². The molecule has 1 spiro atoms. The molecule has 0 aromatic heterocycles. The van der Waals surface area contributed by atoms with Gasteiger partial charge < -0.3 is 20.1 Å². The molecule has 1 aromatic carbocycles. The van der Waals surface area contributed by atoms with E-state index in [-0.39, 0.29) is 0 Å². The predicted molar refractivity (Wildman–Crippen MR) is 105 cm³/mol. The van der Waals surface area contributed by atoms with Crippen LogP contribution in [0.5, 0.6) is 5.75 Å². The molecule has 3 fully saturated rings. The summed E-state index contributed by atoms with van der Waals surface area (Å²) in [6.07, 6.45) is 6.68. The van der Waals surface area contributed by atoms with Gasteiger partial charge in [0.05, 0.1) is 13.2 Å². The molecule has 0 bridgehead atoms. The highest BCUT2D eigenvalue weighted by molar-refractivity contribution is 5.47. The summed E-state index contributed by atoms with van der Waals surface area (Å²) >= 11 is 0. The number of ether oxygens (including phenoxy) is 2. The van der Waals surface area contributed by atoms with E-state index >= 15 is 0 Å². The number of hydrogen-bond acceptors (Lipinski definition) is 5. The number of nitrogens with one attached hydrogen (secondary N) is 2. The Labute approximate surface area is 157 Å². The first-order chi connectivity index (χ1) is 12.8. The normalized spacial score (nSPS) is 29.8. The Hall–Kier alpha value is -1.30. The minimum atomic E-state index is 0.607. The fourth-order valence-electron chi connectivity index (χ4n) is 4.60. The van der Waals surface area contributed by atoms with Crippen LogP contribution in [0.4, 0.5) is 5.69 Å². The Morgan fingerprint density at radius 2 is 1.88 bits per heavy atom. The molecule has 4 rings (SSSR count). The summed E-state index contributed by atoms with van der Waals surface area (Å²) in [5, 5.41) is 7.27. The van der Waals surface area contributed by atoms with Gasteiger partial charge in [0, 0.05) is 37.9 Å². The lowest BCUT2D eigenvalue weighted by Crippen LogP contribution is -2.38. The molecule has 1 saturated carbocycles. The summed E-state index contributed by atoms with van der Waals surface area (Å²) in [5.74, 6) is 0.962. The maximum atomic E-state index is 5.90. The second-order valence-corrected chi connectivity index (χ2v) is 8.17. The summed E-state index contributed by atoms with van der Waals surface area (Å²) in [4.78, 5) is 2.40. The van der Waals surface area contributed by atoms with E-state index in [0.29, 0.717) is 11.5 Å². The first-order valence-corrected chi connectivity index (χ1v) is 10.3. The molecule has 144 valence electrons. The van der Waals surface area contributed by atoms with Gasteiger partial charge in [0.25, 0.3) is 0 Å². The lowest BCUT2D eigenvalue weighted by Gasteiger charge is -2.37. The molecule has 0 unspecified atom stereocenters. The van der Waals surface area contributed by atoms with Gasteiger partial charge in [-0.25, -0.2) is 0 Å². The number of hydrogen-bond donors (Lipinski definition) is 2. The van der Waals surface area contributed by atoms with Gasteiger partial charge in [0.2, 0.25) is 0 Å². The quantitative estimate of drug-likeness (QED) is 0.818. The van der Waals surface area contributed by atoms with E-state index in [2.05, 4.69) is 39.8 Å². The van der Waals surface area contributed by atoms with Gasteiger partial charge in [-0.1, -0.05) is 0 Å². The van der Waals surface area contributed by atoms with Crippen LogP contribution >= 0.6 is 0 Å². The average Bonchev–Trinajstić information content (AvgIpc) is 3.14. The number of anilines is 1. The van der Waals surface area contributed by atoms with E-state index in [0.717, 1.165) is 45.2 Å². The summed E-state index contributed by atoms with van der Waals surface area (Å²) in [6.45, 7) is 7.89. The fraction of sp³-hybridized carbons (Fsp3) is 0.714. The molecule has 3 aliphatic rings. The number of rotatable bonds is 6. The molecule has 2 saturated heterocycles. The molecular weight excluding hydrogens is 326 g/mol. The van der Waals surface area contributed by atoms with Crippen molar-refractivity contribution in [3.8, 4) is 5.75 Å². The molecule has 0 radical (unpaired) electrons. The van der Waals surface area contributed by atoms with E-state index < -0.39 is 0 Å². The van der Waals surface area contributed by atoms with Crippen molar-refractivity contribution in [2.45, 2.75) is 38.1 Å². The topological polar surface area (TPSA) is 45.8 Å². The van der Waals surface area contributed by atoms with Crippen LogP contribution in [0.25, 0.3) is 0 Å². The minimum absolute atomic E-state index is 0.607. The maximum Gasteiger partial charge on any atom is 0.119 e. The molecule has 2 N–H and O–H groups in total. The Balaban J connectivity index is 1.18. The van der Waals surface area contributed by atoms with Crippen LogP contribution in [0, 0.1) is 5.41 Å². The van der Waals surface area contributed by atoms with E-state index in [1.807, 2.05) is 0 Å².